The molecule has 0 amide bonds. The molecule has 8 heteroatoms. The average molecular weight is 401 g/mol. The van der Waals surface area contributed by atoms with Crippen LogP contribution in [0.15, 0.2) is 38.2 Å². The Balaban J connectivity index is 2.15. The van der Waals surface area contributed by atoms with E-state index in [1.54, 1.807) is 6.92 Å². The molecule has 0 bridgehead atoms. The van der Waals surface area contributed by atoms with Gasteiger partial charge in [0.1, 0.15) is 9.37 Å². The molecule has 1 aromatic carbocycles. The van der Waals surface area contributed by atoms with E-state index in [0.717, 1.165) is 15.0 Å². The van der Waals surface area contributed by atoms with Crippen LogP contribution in [0.25, 0.3) is 10.1 Å². The minimum atomic E-state index is -3.75. The van der Waals surface area contributed by atoms with Crippen LogP contribution in [0.1, 0.15) is 17.5 Å². The van der Waals surface area contributed by atoms with E-state index in [2.05, 4.69) is 25.8 Å². The smallest absolute Gasteiger partial charge is 0.266 e. The first-order chi connectivity index (χ1) is 10.4. The van der Waals surface area contributed by atoms with E-state index < -0.39 is 10.0 Å². The third-order valence-electron chi connectivity index (χ3n) is 3.23. The van der Waals surface area contributed by atoms with Crippen LogP contribution in [0.4, 0.5) is 5.88 Å². The molecule has 1 N–H and O–H groups in total. The Morgan fingerprint density at radius 3 is 2.73 bits per heavy atom. The monoisotopic (exact) mass is 400 g/mol. The highest BCUT2D eigenvalue weighted by Crippen LogP contribution is 2.37. The van der Waals surface area contributed by atoms with E-state index in [-0.39, 0.29) is 5.88 Å². The van der Waals surface area contributed by atoms with Crippen molar-refractivity contribution in [1.29, 1.82) is 0 Å². The van der Waals surface area contributed by atoms with Gasteiger partial charge in [0, 0.05) is 15.0 Å². The van der Waals surface area contributed by atoms with Gasteiger partial charge in [-0.15, -0.1) is 11.3 Å². The summed E-state index contributed by atoms with van der Waals surface area (Å²) in [5, 5.41) is 4.47. The first-order valence-corrected chi connectivity index (χ1v) is 9.68. The van der Waals surface area contributed by atoms with Crippen molar-refractivity contribution in [2.75, 3.05) is 4.72 Å². The van der Waals surface area contributed by atoms with E-state index in [4.69, 9.17) is 4.52 Å². The van der Waals surface area contributed by atoms with Crippen molar-refractivity contribution in [3.8, 4) is 0 Å². The van der Waals surface area contributed by atoms with Crippen LogP contribution >= 0.6 is 27.3 Å². The second-order valence-electron chi connectivity index (χ2n) is 4.72. The number of anilines is 1. The zero-order valence-electron chi connectivity index (χ0n) is 11.9. The van der Waals surface area contributed by atoms with Gasteiger partial charge in [-0.3, -0.25) is 0 Å². The van der Waals surface area contributed by atoms with Crippen LogP contribution < -0.4 is 4.72 Å². The summed E-state index contributed by atoms with van der Waals surface area (Å²) in [5.74, 6) is 0.0924. The zero-order valence-corrected chi connectivity index (χ0v) is 15.1. The molecule has 0 aliphatic carbocycles. The molecule has 0 atom stereocenters. The van der Waals surface area contributed by atoms with Gasteiger partial charge in [0.15, 0.2) is 0 Å². The lowest BCUT2D eigenvalue weighted by Gasteiger charge is -2.06. The van der Waals surface area contributed by atoms with E-state index in [9.17, 15) is 8.42 Å². The number of thiophene rings is 1. The number of nitrogens with zero attached hydrogens (tertiary/aromatic N) is 1. The van der Waals surface area contributed by atoms with Gasteiger partial charge in [-0.05, 0) is 35.3 Å². The van der Waals surface area contributed by atoms with Crippen LogP contribution in [0.3, 0.4) is 0 Å². The van der Waals surface area contributed by atoms with Gasteiger partial charge in [-0.2, -0.15) is 0 Å². The average Bonchev–Trinajstić information content (AvgIpc) is 3.02. The molecule has 116 valence electrons. The summed E-state index contributed by atoms with van der Waals surface area (Å²) in [7, 11) is -3.75. The number of aryl methyl sites for hydroxylation is 2. The number of halogens is 1. The molecule has 0 radical (unpaired) electrons. The Bertz CT molecular complexity index is 944. The Labute approximate surface area is 140 Å². The van der Waals surface area contributed by atoms with Crippen LogP contribution in [-0.4, -0.2) is 13.6 Å². The molecule has 0 saturated heterocycles. The van der Waals surface area contributed by atoms with Crippen molar-refractivity contribution < 1.29 is 12.9 Å². The minimum Gasteiger partial charge on any atom is -0.336 e. The highest BCUT2D eigenvalue weighted by atomic mass is 79.9. The number of sulfonamides is 1. The number of fused-ring (bicyclic) bond motifs is 1. The van der Waals surface area contributed by atoms with Gasteiger partial charge in [0.05, 0.1) is 5.69 Å². The maximum Gasteiger partial charge on any atom is 0.266 e. The zero-order chi connectivity index (χ0) is 15.9. The standard InChI is InChI=1S/C14H13BrN2O3S2/c1-3-10-13(9-6-4-5-7-11(9)21-10)22(18,19)17-14-12(15)8(2)16-20-14/h4-7,17H,3H2,1-2H3. The number of aromatic nitrogens is 1. The molecule has 22 heavy (non-hydrogen) atoms. The molecule has 2 aromatic heterocycles. The molecule has 2 heterocycles. The van der Waals surface area contributed by atoms with E-state index in [0.29, 0.717) is 21.5 Å². The van der Waals surface area contributed by atoms with Crippen LogP contribution in [-0.2, 0) is 16.4 Å². The summed E-state index contributed by atoms with van der Waals surface area (Å²) in [4.78, 5) is 1.14. The van der Waals surface area contributed by atoms with Crippen LogP contribution in [0.5, 0.6) is 0 Å². The lowest BCUT2D eigenvalue weighted by atomic mass is 10.2. The number of rotatable bonds is 4. The van der Waals surface area contributed by atoms with Gasteiger partial charge in [-0.1, -0.05) is 30.3 Å². The van der Waals surface area contributed by atoms with Crippen LogP contribution in [0, 0.1) is 6.92 Å². The molecule has 3 aromatic rings. The maximum absolute atomic E-state index is 12.8. The number of benzene rings is 1. The third kappa shape index (κ3) is 2.55. The van der Waals surface area contributed by atoms with Gasteiger partial charge in [0.25, 0.3) is 15.9 Å². The first kappa shape index (κ1) is 15.5. The van der Waals surface area contributed by atoms with Crippen molar-refractivity contribution in [2.24, 2.45) is 0 Å². The Hall–Kier alpha value is -1.38. The summed E-state index contributed by atoms with van der Waals surface area (Å²) < 4.78 is 34.6. The van der Waals surface area contributed by atoms with Crippen molar-refractivity contribution >= 4 is 53.3 Å². The first-order valence-electron chi connectivity index (χ1n) is 6.59. The van der Waals surface area contributed by atoms with Gasteiger partial charge >= 0.3 is 0 Å². The van der Waals surface area contributed by atoms with Crippen molar-refractivity contribution in [3.63, 3.8) is 0 Å². The molecule has 3 rings (SSSR count). The fourth-order valence-electron chi connectivity index (χ4n) is 2.19. The predicted octanol–water partition coefficient (Wildman–Crippen LogP) is 4.32. The Kier molecular flexibility index (Phi) is 4.00. The quantitative estimate of drug-likeness (QED) is 0.707. The molecule has 0 aliphatic heterocycles. The van der Waals surface area contributed by atoms with Gasteiger partial charge < -0.3 is 4.52 Å². The maximum atomic E-state index is 12.8. The number of hydrogen-bond donors (Lipinski definition) is 1. The third-order valence-corrected chi connectivity index (χ3v) is 7.06. The Morgan fingerprint density at radius 2 is 2.09 bits per heavy atom. The highest BCUT2D eigenvalue weighted by molar-refractivity contribution is 9.10. The van der Waals surface area contributed by atoms with Gasteiger partial charge in [-0.25, -0.2) is 13.1 Å². The second kappa shape index (κ2) is 5.68. The summed E-state index contributed by atoms with van der Waals surface area (Å²) >= 11 is 4.76. The van der Waals surface area contributed by atoms with Crippen LogP contribution in [0.2, 0.25) is 0 Å². The SMILES string of the molecule is CCc1sc2ccccc2c1S(=O)(=O)Nc1onc(C)c1Br. The van der Waals surface area contributed by atoms with Crippen molar-refractivity contribution in [3.05, 3.63) is 39.3 Å². The van der Waals surface area contributed by atoms with Crippen molar-refractivity contribution in [1.82, 2.24) is 5.16 Å². The molecular weight excluding hydrogens is 388 g/mol. The van der Waals surface area contributed by atoms with E-state index in [1.165, 1.54) is 11.3 Å². The Morgan fingerprint density at radius 1 is 1.36 bits per heavy atom. The molecule has 0 spiro atoms. The summed E-state index contributed by atoms with van der Waals surface area (Å²) in [6, 6.07) is 7.48. The largest absolute Gasteiger partial charge is 0.336 e. The summed E-state index contributed by atoms with van der Waals surface area (Å²) in [5.41, 5.74) is 0.587. The van der Waals surface area contributed by atoms with Gasteiger partial charge in [0.2, 0.25) is 0 Å². The molecule has 0 unspecified atom stereocenters. The normalized spacial score (nSPS) is 12.0. The minimum absolute atomic E-state index is 0.0924. The predicted molar refractivity (Wildman–Crippen MR) is 91.0 cm³/mol. The molecule has 0 aliphatic rings. The lowest BCUT2D eigenvalue weighted by molar-refractivity contribution is 0.430. The number of nitrogens with one attached hydrogen (secondary N) is 1. The van der Waals surface area contributed by atoms with Crippen molar-refractivity contribution in [2.45, 2.75) is 25.2 Å². The topological polar surface area (TPSA) is 72.2 Å². The molecule has 0 fully saturated rings. The van der Waals surface area contributed by atoms with E-state index in [1.807, 2.05) is 31.2 Å². The highest BCUT2D eigenvalue weighted by Gasteiger charge is 2.26. The molecular formula is C14H13BrN2O3S2. The lowest BCUT2D eigenvalue weighted by Crippen LogP contribution is -2.13. The summed E-state index contributed by atoms with van der Waals surface area (Å²) in [6.45, 7) is 3.67. The summed E-state index contributed by atoms with van der Waals surface area (Å²) in [6.07, 6.45) is 0.645. The molecule has 0 saturated carbocycles. The molecule has 5 nitrogen and oxygen atoms in total. The van der Waals surface area contributed by atoms with E-state index >= 15 is 0 Å². The fourth-order valence-corrected chi connectivity index (χ4v) is 5.52. The fraction of sp³-hybridized carbons (Fsp3) is 0.214. The number of hydrogen-bond acceptors (Lipinski definition) is 5. The second-order valence-corrected chi connectivity index (χ2v) is 8.27.